The number of benzene rings is 1. The molecule has 3 heterocycles. The van der Waals surface area contributed by atoms with E-state index in [-0.39, 0.29) is 18.2 Å². The van der Waals surface area contributed by atoms with Crippen molar-refractivity contribution >= 4 is 22.7 Å². The van der Waals surface area contributed by atoms with Crippen molar-refractivity contribution in [2.24, 2.45) is 0 Å². The molecule has 0 N–H and O–H groups in total. The van der Waals surface area contributed by atoms with Gasteiger partial charge in [0.15, 0.2) is 0 Å². The lowest BCUT2D eigenvalue weighted by molar-refractivity contribution is -0.00522. The van der Waals surface area contributed by atoms with Crippen molar-refractivity contribution in [2.45, 2.75) is 32.6 Å². The Kier molecular flexibility index (Phi) is 5.05. The van der Waals surface area contributed by atoms with Gasteiger partial charge in [-0.3, -0.25) is 0 Å². The second kappa shape index (κ2) is 7.64. The lowest BCUT2D eigenvalue weighted by atomic mass is 10.1. The van der Waals surface area contributed by atoms with Crippen LogP contribution in [0.3, 0.4) is 0 Å². The molecule has 0 bridgehead atoms. The SMILES string of the molecule is COC(=O)c1ccc(Cn2ccc3cc(N4CC(C)OC(C)C4)cnc32)cc1. The van der Waals surface area contributed by atoms with E-state index in [0.717, 1.165) is 35.4 Å². The number of fused-ring (bicyclic) bond motifs is 1. The molecule has 6 heteroatoms. The van der Waals surface area contributed by atoms with Gasteiger partial charge < -0.3 is 18.9 Å². The molecule has 0 spiro atoms. The van der Waals surface area contributed by atoms with Crippen molar-refractivity contribution in [3.05, 3.63) is 59.9 Å². The fourth-order valence-electron chi connectivity index (χ4n) is 3.82. The lowest BCUT2D eigenvalue weighted by Crippen LogP contribution is -2.45. The van der Waals surface area contributed by atoms with Gasteiger partial charge in [-0.2, -0.15) is 0 Å². The van der Waals surface area contributed by atoms with E-state index in [2.05, 4.69) is 41.6 Å². The summed E-state index contributed by atoms with van der Waals surface area (Å²) in [6.07, 6.45) is 4.44. The molecule has 1 aliphatic heterocycles. The van der Waals surface area contributed by atoms with Crippen LogP contribution in [0.1, 0.15) is 29.8 Å². The summed E-state index contributed by atoms with van der Waals surface area (Å²) in [7, 11) is 1.39. The summed E-state index contributed by atoms with van der Waals surface area (Å²) >= 11 is 0. The van der Waals surface area contributed by atoms with Gasteiger partial charge in [-0.05, 0) is 43.7 Å². The molecule has 146 valence electrons. The zero-order valence-corrected chi connectivity index (χ0v) is 16.5. The van der Waals surface area contributed by atoms with Crippen LogP contribution >= 0.6 is 0 Å². The number of nitrogens with zero attached hydrogens (tertiary/aromatic N) is 3. The second-order valence-electron chi connectivity index (χ2n) is 7.40. The Morgan fingerprint density at radius 3 is 2.57 bits per heavy atom. The molecule has 1 aliphatic rings. The number of ether oxygens (including phenoxy) is 2. The van der Waals surface area contributed by atoms with Crippen molar-refractivity contribution in [1.82, 2.24) is 9.55 Å². The monoisotopic (exact) mass is 379 g/mol. The number of aromatic nitrogens is 2. The molecular weight excluding hydrogens is 354 g/mol. The summed E-state index contributed by atoms with van der Waals surface area (Å²) in [6.45, 7) is 6.67. The van der Waals surface area contributed by atoms with Gasteiger partial charge in [-0.25, -0.2) is 9.78 Å². The minimum Gasteiger partial charge on any atom is -0.465 e. The first-order valence-electron chi connectivity index (χ1n) is 9.56. The van der Waals surface area contributed by atoms with Crippen LogP contribution in [0.2, 0.25) is 0 Å². The van der Waals surface area contributed by atoms with Gasteiger partial charge in [0.2, 0.25) is 0 Å². The smallest absolute Gasteiger partial charge is 0.337 e. The van der Waals surface area contributed by atoms with E-state index < -0.39 is 0 Å². The summed E-state index contributed by atoms with van der Waals surface area (Å²) in [6, 6.07) is 11.8. The normalized spacial score (nSPS) is 19.8. The summed E-state index contributed by atoms with van der Waals surface area (Å²) in [5.41, 5.74) is 3.75. The van der Waals surface area contributed by atoms with E-state index in [0.29, 0.717) is 12.1 Å². The van der Waals surface area contributed by atoms with Crippen LogP contribution in [0.4, 0.5) is 5.69 Å². The van der Waals surface area contributed by atoms with E-state index in [4.69, 9.17) is 14.5 Å². The first kappa shape index (κ1) is 18.5. The van der Waals surface area contributed by atoms with E-state index >= 15 is 0 Å². The maximum Gasteiger partial charge on any atom is 0.337 e. The lowest BCUT2D eigenvalue weighted by Gasteiger charge is -2.36. The molecule has 2 unspecified atom stereocenters. The number of methoxy groups -OCH3 is 1. The predicted molar refractivity (Wildman–Crippen MR) is 109 cm³/mol. The topological polar surface area (TPSA) is 56.6 Å². The minimum absolute atomic E-state index is 0.219. The molecule has 2 aromatic heterocycles. The van der Waals surface area contributed by atoms with E-state index in [1.165, 1.54) is 7.11 Å². The van der Waals surface area contributed by atoms with Crippen LogP contribution in [-0.4, -0.2) is 47.9 Å². The van der Waals surface area contributed by atoms with Crippen LogP contribution in [0.5, 0.6) is 0 Å². The molecule has 1 fully saturated rings. The molecule has 0 aliphatic carbocycles. The predicted octanol–water partition coefficient (Wildman–Crippen LogP) is 3.48. The number of hydrogen-bond acceptors (Lipinski definition) is 5. The molecular formula is C22H25N3O3. The third-order valence-corrected chi connectivity index (χ3v) is 5.10. The standard InChI is InChI=1S/C22H25N3O3/c1-15-12-25(13-16(2)28-15)20-10-19-8-9-24(21(19)23-11-20)14-17-4-6-18(7-5-17)22(26)27-3/h4-11,15-16H,12-14H2,1-3H3. The van der Waals surface area contributed by atoms with Gasteiger partial charge in [-0.15, -0.1) is 0 Å². The van der Waals surface area contributed by atoms with Gasteiger partial charge in [0, 0.05) is 31.2 Å². The summed E-state index contributed by atoms with van der Waals surface area (Å²) in [5, 5.41) is 1.12. The zero-order valence-electron chi connectivity index (χ0n) is 16.5. The number of hydrogen-bond donors (Lipinski definition) is 0. The van der Waals surface area contributed by atoms with E-state index in [1.807, 2.05) is 18.3 Å². The fourth-order valence-corrected chi connectivity index (χ4v) is 3.82. The number of esters is 1. The number of carbonyl (C=O) groups excluding carboxylic acids is 1. The van der Waals surface area contributed by atoms with Crippen LogP contribution in [0.15, 0.2) is 48.8 Å². The number of morpholine rings is 1. The average molecular weight is 379 g/mol. The van der Waals surface area contributed by atoms with Crippen LogP contribution in [-0.2, 0) is 16.0 Å². The fraction of sp³-hybridized carbons (Fsp3) is 0.364. The number of pyridine rings is 1. The van der Waals surface area contributed by atoms with Crippen molar-refractivity contribution in [3.63, 3.8) is 0 Å². The van der Waals surface area contributed by atoms with Crippen molar-refractivity contribution in [3.8, 4) is 0 Å². The Morgan fingerprint density at radius 2 is 1.89 bits per heavy atom. The van der Waals surface area contributed by atoms with Gasteiger partial charge in [0.25, 0.3) is 0 Å². The number of carbonyl (C=O) groups is 1. The largest absolute Gasteiger partial charge is 0.465 e. The molecule has 28 heavy (non-hydrogen) atoms. The highest BCUT2D eigenvalue weighted by Crippen LogP contribution is 2.24. The zero-order chi connectivity index (χ0) is 19.7. The summed E-state index contributed by atoms with van der Waals surface area (Å²) in [4.78, 5) is 18.6. The molecule has 4 rings (SSSR count). The molecule has 0 amide bonds. The summed E-state index contributed by atoms with van der Waals surface area (Å²) < 4.78 is 12.7. The number of anilines is 1. The third kappa shape index (κ3) is 3.73. The quantitative estimate of drug-likeness (QED) is 0.650. The second-order valence-corrected chi connectivity index (χ2v) is 7.40. The van der Waals surface area contributed by atoms with E-state index in [9.17, 15) is 4.79 Å². The Balaban J connectivity index is 1.54. The van der Waals surface area contributed by atoms with Crippen molar-refractivity contribution < 1.29 is 14.3 Å². The van der Waals surface area contributed by atoms with Gasteiger partial charge in [0.1, 0.15) is 5.65 Å². The van der Waals surface area contributed by atoms with Gasteiger partial charge >= 0.3 is 5.97 Å². The van der Waals surface area contributed by atoms with Gasteiger partial charge in [-0.1, -0.05) is 12.1 Å². The highest BCUT2D eigenvalue weighted by atomic mass is 16.5. The van der Waals surface area contributed by atoms with Crippen molar-refractivity contribution in [1.29, 1.82) is 0 Å². The maximum atomic E-state index is 11.6. The van der Waals surface area contributed by atoms with Crippen LogP contribution in [0, 0.1) is 0 Å². The highest BCUT2D eigenvalue weighted by Gasteiger charge is 2.23. The van der Waals surface area contributed by atoms with Gasteiger partial charge in [0.05, 0.1) is 36.8 Å². The number of rotatable bonds is 4. The first-order valence-corrected chi connectivity index (χ1v) is 9.56. The van der Waals surface area contributed by atoms with Crippen LogP contribution < -0.4 is 4.90 Å². The highest BCUT2D eigenvalue weighted by molar-refractivity contribution is 5.89. The molecule has 0 saturated carbocycles. The first-order chi connectivity index (χ1) is 13.5. The third-order valence-electron chi connectivity index (χ3n) is 5.10. The van der Waals surface area contributed by atoms with Crippen LogP contribution in [0.25, 0.3) is 11.0 Å². The van der Waals surface area contributed by atoms with E-state index in [1.54, 1.807) is 12.1 Å². The minimum atomic E-state index is -0.320. The Bertz CT molecular complexity index is 970. The molecule has 3 aromatic rings. The Morgan fingerprint density at radius 1 is 1.18 bits per heavy atom. The molecule has 1 aromatic carbocycles. The molecule has 6 nitrogen and oxygen atoms in total. The summed E-state index contributed by atoms with van der Waals surface area (Å²) in [5.74, 6) is -0.320. The Hall–Kier alpha value is -2.86. The Labute approximate surface area is 164 Å². The van der Waals surface area contributed by atoms with Crippen molar-refractivity contribution in [2.75, 3.05) is 25.1 Å². The average Bonchev–Trinajstić information content (AvgIpc) is 3.09. The molecule has 0 radical (unpaired) electrons. The molecule has 2 atom stereocenters. The maximum absolute atomic E-state index is 11.6. The molecule has 1 saturated heterocycles.